The predicted octanol–water partition coefficient (Wildman–Crippen LogP) is 3.39. The minimum Gasteiger partial charge on any atom is -0.469 e. The summed E-state index contributed by atoms with van der Waals surface area (Å²) in [7, 11) is 1.27. The smallest absolute Gasteiger partial charge is 0.310 e. The van der Waals surface area contributed by atoms with E-state index in [0.29, 0.717) is 16.5 Å². The number of ether oxygens (including phenoxy) is 1. The topological polar surface area (TPSA) is 39.2 Å². The maximum atomic E-state index is 12.5. The molecule has 0 atom stereocenters. The van der Waals surface area contributed by atoms with Gasteiger partial charge in [-0.05, 0) is 27.6 Å². The van der Waals surface area contributed by atoms with Crippen LogP contribution in [0.3, 0.4) is 0 Å². The molecule has 1 aromatic rings. The largest absolute Gasteiger partial charge is 0.469 e. The molecular formula is C10H9Br2F2NO2. The fourth-order valence-corrected chi connectivity index (χ4v) is 2.35. The number of alkyl halides is 3. The van der Waals surface area contributed by atoms with E-state index in [1.165, 1.54) is 13.2 Å². The Kier molecular flexibility index (Phi) is 5.45. The van der Waals surface area contributed by atoms with Gasteiger partial charge in [-0.25, -0.2) is 13.8 Å². The van der Waals surface area contributed by atoms with Crippen LogP contribution in [-0.2, 0) is 21.3 Å². The maximum Gasteiger partial charge on any atom is 0.310 e. The summed E-state index contributed by atoms with van der Waals surface area (Å²) in [5.41, 5.74) is 0.825. The first-order chi connectivity index (χ1) is 7.99. The van der Waals surface area contributed by atoms with Crippen LogP contribution in [0.15, 0.2) is 10.7 Å². The number of rotatable bonds is 4. The van der Waals surface area contributed by atoms with E-state index in [2.05, 4.69) is 41.6 Å². The zero-order valence-corrected chi connectivity index (χ0v) is 12.0. The third-order valence-corrected chi connectivity index (χ3v) is 3.36. The van der Waals surface area contributed by atoms with Gasteiger partial charge < -0.3 is 4.74 Å². The minimum atomic E-state index is -2.64. The fraction of sp³-hybridized carbons (Fsp3) is 0.400. The Hall–Kier alpha value is -0.560. The van der Waals surface area contributed by atoms with Gasteiger partial charge >= 0.3 is 5.97 Å². The first-order valence-corrected chi connectivity index (χ1v) is 6.50. The number of hydrogen-bond donors (Lipinski definition) is 0. The van der Waals surface area contributed by atoms with Gasteiger partial charge in [0.15, 0.2) is 0 Å². The van der Waals surface area contributed by atoms with Crippen LogP contribution in [0.1, 0.15) is 23.2 Å². The van der Waals surface area contributed by atoms with Crippen molar-refractivity contribution in [2.24, 2.45) is 0 Å². The SMILES string of the molecule is COC(=O)Cc1c(CBr)cc(C(F)F)nc1Br. The van der Waals surface area contributed by atoms with Gasteiger partial charge in [0.25, 0.3) is 6.43 Å². The van der Waals surface area contributed by atoms with Gasteiger partial charge in [-0.3, -0.25) is 4.79 Å². The van der Waals surface area contributed by atoms with Gasteiger partial charge in [0.05, 0.1) is 13.5 Å². The molecule has 17 heavy (non-hydrogen) atoms. The molecule has 0 radical (unpaired) electrons. The molecule has 0 fully saturated rings. The Balaban J connectivity index is 3.16. The Bertz CT molecular complexity index is 427. The van der Waals surface area contributed by atoms with Crippen molar-refractivity contribution in [3.8, 4) is 0 Å². The number of esters is 1. The molecule has 1 rings (SSSR count). The van der Waals surface area contributed by atoms with Crippen molar-refractivity contribution in [1.29, 1.82) is 0 Å². The molecule has 94 valence electrons. The highest BCUT2D eigenvalue weighted by Crippen LogP contribution is 2.27. The standard InChI is InChI=1S/C10H9Br2F2NO2/c1-17-8(16)3-6-5(4-11)2-7(10(13)14)15-9(6)12/h2,10H,3-4H2,1H3. The molecule has 0 saturated carbocycles. The van der Waals surface area contributed by atoms with Gasteiger partial charge in [-0.15, -0.1) is 0 Å². The Morgan fingerprint density at radius 1 is 1.59 bits per heavy atom. The second kappa shape index (κ2) is 6.39. The normalized spacial score (nSPS) is 10.7. The zero-order chi connectivity index (χ0) is 13.0. The quantitative estimate of drug-likeness (QED) is 0.462. The molecule has 0 amide bonds. The molecule has 0 N–H and O–H groups in total. The average Bonchev–Trinajstić information content (AvgIpc) is 2.30. The Labute approximate surface area is 114 Å². The Morgan fingerprint density at radius 2 is 2.24 bits per heavy atom. The third-order valence-electron chi connectivity index (χ3n) is 2.10. The molecule has 1 heterocycles. The van der Waals surface area contributed by atoms with E-state index >= 15 is 0 Å². The number of pyridine rings is 1. The van der Waals surface area contributed by atoms with Crippen LogP contribution in [0, 0.1) is 0 Å². The summed E-state index contributed by atoms with van der Waals surface area (Å²) in [5, 5.41) is 0.361. The monoisotopic (exact) mass is 371 g/mol. The molecule has 0 aliphatic carbocycles. The first kappa shape index (κ1) is 14.5. The van der Waals surface area contributed by atoms with E-state index in [0.717, 1.165) is 0 Å². The van der Waals surface area contributed by atoms with Crippen molar-refractivity contribution in [2.45, 2.75) is 18.2 Å². The Morgan fingerprint density at radius 3 is 2.71 bits per heavy atom. The van der Waals surface area contributed by atoms with Gasteiger partial charge in [-0.1, -0.05) is 15.9 Å². The van der Waals surface area contributed by atoms with Gasteiger partial charge in [0.1, 0.15) is 10.3 Å². The van der Waals surface area contributed by atoms with Crippen molar-refractivity contribution in [3.05, 3.63) is 27.5 Å². The van der Waals surface area contributed by atoms with Crippen molar-refractivity contribution in [1.82, 2.24) is 4.98 Å². The lowest BCUT2D eigenvalue weighted by atomic mass is 10.1. The third kappa shape index (κ3) is 3.70. The summed E-state index contributed by atoms with van der Waals surface area (Å²) in [6.07, 6.45) is -2.65. The van der Waals surface area contributed by atoms with Crippen LogP contribution in [0.25, 0.3) is 0 Å². The zero-order valence-electron chi connectivity index (χ0n) is 8.84. The van der Waals surface area contributed by atoms with E-state index in [1.54, 1.807) is 0 Å². The van der Waals surface area contributed by atoms with Crippen LogP contribution >= 0.6 is 31.9 Å². The summed E-state index contributed by atoms with van der Waals surface area (Å²) in [4.78, 5) is 14.9. The summed E-state index contributed by atoms with van der Waals surface area (Å²) in [5.74, 6) is -0.445. The summed E-state index contributed by atoms with van der Waals surface area (Å²) >= 11 is 6.28. The molecule has 0 aliphatic heterocycles. The summed E-state index contributed by atoms with van der Waals surface area (Å²) < 4.78 is 29.8. The molecule has 3 nitrogen and oxygen atoms in total. The lowest BCUT2D eigenvalue weighted by Crippen LogP contribution is -2.09. The van der Waals surface area contributed by atoms with E-state index < -0.39 is 12.4 Å². The highest BCUT2D eigenvalue weighted by atomic mass is 79.9. The van der Waals surface area contributed by atoms with E-state index in [1.807, 2.05) is 0 Å². The maximum absolute atomic E-state index is 12.5. The molecule has 0 unspecified atom stereocenters. The molecular weight excluding hydrogens is 364 g/mol. The number of hydrogen-bond acceptors (Lipinski definition) is 3. The van der Waals surface area contributed by atoms with Crippen molar-refractivity contribution in [3.63, 3.8) is 0 Å². The molecule has 0 bridgehead atoms. The molecule has 0 aliphatic rings. The molecule has 0 saturated heterocycles. The van der Waals surface area contributed by atoms with Crippen LogP contribution < -0.4 is 0 Å². The highest BCUT2D eigenvalue weighted by molar-refractivity contribution is 9.10. The lowest BCUT2D eigenvalue weighted by molar-refractivity contribution is -0.139. The minimum absolute atomic E-state index is 0.00542. The van der Waals surface area contributed by atoms with Gasteiger partial charge in [-0.2, -0.15) is 0 Å². The average molecular weight is 373 g/mol. The number of halogens is 4. The summed E-state index contributed by atoms with van der Waals surface area (Å²) in [6, 6.07) is 1.28. The number of carbonyl (C=O) groups excluding carboxylic acids is 1. The molecule has 0 aromatic carbocycles. The lowest BCUT2D eigenvalue weighted by Gasteiger charge is -2.10. The van der Waals surface area contributed by atoms with Crippen LogP contribution in [0.4, 0.5) is 8.78 Å². The number of nitrogens with zero attached hydrogens (tertiary/aromatic N) is 1. The van der Waals surface area contributed by atoms with E-state index in [-0.39, 0.29) is 16.7 Å². The van der Waals surface area contributed by atoms with Crippen molar-refractivity contribution >= 4 is 37.8 Å². The van der Waals surface area contributed by atoms with Crippen LogP contribution in [0.2, 0.25) is 0 Å². The molecule has 7 heteroatoms. The van der Waals surface area contributed by atoms with E-state index in [9.17, 15) is 13.6 Å². The number of methoxy groups -OCH3 is 1. The predicted molar refractivity (Wildman–Crippen MR) is 65.2 cm³/mol. The second-order valence-electron chi connectivity index (χ2n) is 3.16. The molecule has 0 spiro atoms. The highest BCUT2D eigenvalue weighted by Gasteiger charge is 2.17. The van der Waals surface area contributed by atoms with Crippen LogP contribution in [-0.4, -0.2) is 18.1 Å². The van der Waals surface area contributed by atoms with Gasteiger partial charge in [0.2, 0.25) is 0 Å². The van der Waals surface area contributed by atoms with E-state index in [4.69, 9.17) is 0 Å². The number of carbonyl (C=O) groups is 1. The van der Waals surface area contributed by atoms with Crippen molar-refractivity contribution < 1.29 is 18.3 Å². The first-order valence-electron chi connectivity index (χ1n) is 4.58. The second-order valence-corrected chi connectivity index (χ2v) is 4.47. The van der Waals surface area contributed by atoms with Gasteiger partial charge in [0, 0.05) is 10.9 Å². The number of aromatic nitrogens is 1. The fourth-order valence-electron chi connectivity index (χ4n) is 1.25. The van der Waals surface area contributed by atoms with Crippen LogP contribution in [0.5, 0.6) is 0 Å². The molecule has 1 aromatic heterocycles. The van der Waals surface area contributed by atoms with Crippen molar-refractivity contribution in [2.75, 3.05) is 7.11 Å². The summed E-state index contributed by atoms with van der Waals surface area (Å²) in [6.45, 7) is 0.